The van der Waals surface area contributed by atoms with Gasteiger partial charge in [0.1, 0.15) is 5.78 Å². The average molecular weight is 361 g/mol. The fourth-order valence-corrected chi connectivity index (χ4v) is 8.20. The predicted octanol–water partition coefficient (Wildman–Crippen LogP) is 5.74. The van der Waals surface area contributed by atoms with Gasteiger partial charge in [0.05, 0.1) is 0 Å². The molecule has 0 radical (unpaired) electrons. The summed E-state index contributed by atoms with van der Waals surface area (Å²) < 4.78 is 6.46. The summed E-state index contributed by atoms with van der Waals surface area (Å²) in [7, 11) is -1.46. The Kier molecular flexibility index (Phi) is 4.16. The molecule has 0 N–H and O–H groups in total. The molecule has 4 unspecified atom stereocenters. The van der Waals surface area contributed by atoms with E-state index in [1.54, 1.807) is 5.57 Å². The molecule has 0 aromatic rings. The van der Waals surface area contributed by atoms with Crippen LogP contribution in [0.5, 0.6) is 0 Å². The maximum Gasteiger partial charge on any atom is 0.184 e. The standard InChI is InChI=1S/C22H36O2Si/c1-21-12-10-16(24-25(3,4)5)14-15(21)6-7-17-18-8-9-20(23)22(18,2)13-11-19(17)21/h6,16-19H,7-14H2,1-5H3/t16?,17?,18?,19?,21-,22-/m0/s1. The lowest BCUT2D eigenvalue weighted by Crippen LogP contribution is -2.51. The van der Waals surface area contributed by atoms with Gasteiger partial charge in [-0.15, -0.1) is 0 Å². The van der Waals surface area contributed by atoms with Gasteiger partial charge in [0, 0.05) is 17.9 Å². The van der Waals surface area contributed by atoms with Crippen molar-refractivity contribution in [3.8, 4) is 0 Å². The van der Waals surface area contributed by atoms with Crippen LogP contribution in [-0.4, -0.2) is 20.2 Å². The van der Waals surface area contributed by atoms with E-state index in [0.29, 0.717) is 23.2 Å². The summed E-state index contributed by atoms with van der Waals surface area (Å²) in [5.74, 6) is 2.74. The second-order valence-corrected chi connectivity index (χ2v) is 15.2. The van der Waals surface area contributed by atoms with Gasteiger partial charge < -0.3 is 4.43 Å². The molecule has 0 aromatic heterocycles. The molecule has 0 heterocycles. The minimum atomic E-state index is -1.46. The summed E-state index contributed by atoms with van der Waals surface area (Å²) in [4.78, 5) is 12.5. The van der Waals surface area contributed by atoms with Crippen LogP contribution in [0.15, 0.2) is 11.6 Å². The first-order valence-electron chi connectivity index (χ1n) is 10.5. The van der Waals surface area contributed by atoms with Gasteiger partial charge in [-0.25, -0.2) is 0 Å². The van der Waals surface area contributed by atoms with Crippen molar-refractivity contribution in [1.82, 2.24) is 0 Å². The molecule has 4 rings (SSSR count). The number of hydrogen-bond donors (Lipinski definition) is 0. The van der Waals surface area contributed by atoms with E-state index >= 15 is 0 Å². The van der Waals surface area contributed by atoms with Crippen LogP contribution in [0.4, 0.5) is 0 Å². The molecule has 4 aliphatic carbocycles. The van der Waals surface area contributed by atoms with Crippen LogP contribution >= 0.6 is 0 Å². The second-order valence-electron chi connectivity index (χ2n) is 10.8. The first kappa shape index (κ1) is 18.0. The highest BCUT2D eigenvalue weighted by molar-refractivity contribution is 6.69. The van der Waals surface area contributed by atoms with Gasteiger partial charge in [-0.05, 0) is 87.8 Å². The van der Waals surface area contributed by atoms with Gasteiger partial charge in [-0.2, -0.15) is 0 Å². The lowest BCUT2D eigenvalue weighted by molar-refractivity contribution is -0.131. The van der Waals surface area contributed by atoms with Gasteiger partial charge in [0.15, 0.2) is 8.32 Å². The van der Waals surface area contributed by atoms with E-state index in [1.807, 2.05) is 0 Å². The number of allylic oxidation sites excluding steroid dienone is 1. The Balaban J connectivity index is 1.57. The van der Waals surface area contributed by atoms with Crippen molar-refractivity contribution in [2.75, 3.05) is 0 Å². The van der Waals surface area contributed by atoms with Crippen molar-refractivity contribution in [2.24, 2.45) is 28.6 Å². The normalized spacial score (nSPS) is 46.9. The molecule has 0 saturated heterocycles. The Bertz CT molecular complexity index is 604. The Morgan fingerprint density at radius 2 is 1.72 bits per heavy atom. The molecule has 0 aliphatic heterocycles. The van der Waals surface area contributed by atoms with Crippen molar-refractivity contribution in [1.29, 1.82) is 0 Å². The van der Waals surface area contributed by atoms with Crippen LogP contribution in [0.25, 0.3) is 0 Å². The molecule has 0 bridgehead atoms. The quantitative estimate of drug-likeness (QED) is 0.464. The number of carbonyl (C=O) groups excluding carboxylic acids is 1. The van der Waals surface area contributed by atoms with Crippen LogP contribution in [0, 0.1) is 28.6 Å². The molecule has 3 saturated carbocycles. The van der Waals surface area contributed by atoms with Gasteiger partial charge in [0.25, 0.3) is 0 Å². The molecule has 4 aliphatic rings. The first-order chi connectivity index (χ1) is 11.6. The summed E-state index contributed by atoms with van der Waals surface area (Å²) >= 11 is 0. The van der Waals surface area contributed by atoms with Crippen molar-refractivity contribution in [2.45, 2.75) is 91.0 Å². The van der Waals surface area contributed by atoms with Gasteiger partial charge in [-0.3, -0.25) is 4.79 Å². The molecule has 0 amide bonds. The second kappa shape index (κ2) is 5.79. The van der Waals surface area contributed by atoms with E-state index < -0.39 is 8.32 Å². The SMILES string of the molecule is C[C@]12CCC(O[Si](C)(C)C)CC1=CCC1C2CC[C@]2(C)C(=O)CCC12. The number of fused-ring (bicyclic) bond motifs is 5. The molecule has 0 spiro atoms. The lowest BCUT2D eigenvalue weighted by atomic mass is 9.48. The van der Waals surface area contributed by atoms with E-state index in [0.717, 1.165) is 37.5 Å². The van der Waals surface area contributed by atoms with Crippen LogP contribution < -0.4 is 0 Å². The lowest BCUT2D eigenvalue weighted by Gasteiger charge is -2.57. The third kappa shape index (κ3) is 2.81. The molecular formula is C22H36O2Si. The van der Waals surface area contributed by atoms with Crippen LogP contribution in [0.3, 0.4) is 0 Å². The van der Waals surface area contributed by atoms with E-state index in [-0.39, 0.29) is 5.41 Å². The fraction of sp³-hybridized carbons (Fsp3) is 0.864. The van der Waals surface area contributed by atoms with Gasteiger partial charge in [0.2, 0.25) is 0 Å². The molecule has 2 nitrogen and oxygen atoms in total. The smallest absolute Gasteiger partial charge is 0.184 e. The summed E-state index contributed by atoms with van der Waals surface area (Å²) in [6.07, 6.45) is 12.3. The molecule has 3 fully saturated rings. The summed E-state index contributed by atoms with van der Waals surface area (Å²) in [5.41, 5.74) is 2.06. The Morgan fingerprint density at radius 3 is 2.44 bits per heavy atom. The van der Waals surface area contributed by atoms with Crippen molar-refractivity contribution >= 4 is 14.1 Å². The van der Waals surface area contributed by atoms with Gasteiger partial charge >= 0.3 is 0 Å². The number of ketones is 1. The number of Topliss-reactive ketones (excluding diaryl/α,β-unsaturated/α-hetero) is 1. The monoisotopic (exact) mass is 360 g/mol. The van der Waals surface area contributed by atoms with E-state index in [9.17, 15) is 4.79 Å². The van der Waals surface area contributed by atoms with E-state index in [1.165, 1.54) is 25.7 Å². The van der Waals surface area contributed by atoms with Crippen molar-refractivity contribution in [3.05, 3.63) is 11.6 Å². The minimum Gasteiger partial charge on any atom is -0.414 e. The summed E-state index contributed by atoms with van der Waals surface area (Å²) in [6, 6.07) is 0. The zero-order valence-corrected chi connectivity index (χ0v) is 17.9. The fourth-order valence-electron chi connectivity index (χ4n) is 7.00. The Morgan fingerprint density at radius 1 is 1.04 bits per heavy atom. The zero-order valence-electron chi connectivity index (χ0n) is 16.9. The summed E-state index contributed by atoms with van der Waals surface area (Å²) in [5, 5.41) is 0. The third-order valence-corrected chi connectivity index (χ3v) is 9.33. The van der Waals surface area contributed by atoms with E-state index in [4.69, 9.17) is 4.43 Å². The number of rotatable bonds is 2. The Hall–Kier alpha value is -0.413. The predicted molar refractivity (Wildman–Crippen MR) is 105 cm³/mol. The van der Waals surface area contributed by atoms with Crippen LogP contribution in [0.2, 0.25) is 19.6 Å². The Labute approximate surface area is 154 Å². The highest BCUT2D eigenvalue weighted by Crippen LogP contribution is 2.64. The third-order valence-electron chi connectivity index (χ3n) is 8.29. The van der Waals surface area contributed by atoms with Gasteiger partial charge in [-0.1, -0.05) is 25.5 Å². The highest BCUT2D eigenvalue weighted by Gasteiger charge is 2.58. The average Bonchev–Trinajstić information content (AvgIpc) is 2.82. The molecular weight excluding hydrogens is 324 g/mol. The zero-order chi connectivity index (χ0) is 18.0. The van der Waals surface area contributed by atoms with Crippen LogP contribution in [-0.2, 0) is 9.22 Å². The molecule has 3 heteroatoms. The van der Waals surface area contributed by atoms with Crippen molar-refractivity contribution in [3.63, 3.8) is 0 Å². The minimum absolute atomic E-state index is 0.00101. The maximum atomic E-state index is 12.5. The highest BCUT2D eigenvalue weighted by atomic mass is 28.4. The molecule has 0 aromatic carbocycles. The maximum absolute atomic E-state index is 12.5. The topological polar surface area (TPSA) is 26.3 Å². The number of carbonyl (C=O) groups is 1. The van der Waals surface area contributed by atoms with E-state index in [2.05, 4.69) is 39.6 Å². The number of hydrogen-bond acceptors (Lipinski definition) is 2. The van der Waals surface area contributed by atoms with Crippen molar-refractivity contribution < 1.29 is 9.22 Å². The summed E-state index contributed by atoms with van der Waals surface area (Å²) in [6.45, 7) is 11.8. The first-order valence-corrected chi connectivity index (χ1v) is 13.9. The molecule has 140 valence electrons. The van der Waals surface area contributed by atoms with Crippen LogP contribution in [0.1, 0.15) is 65.2 Å². The largest absolute Gasteiger partial charge is 0.414 e. The molecule has 25 heavy (non-hydrogen) atoms. The molecule has 6 atom stereocenters.